The summed E-state index contributed by atoms with van der Waals surface area (Å²) in [6, 6.07) is 14.0. The molecule has 1 atom stereocenters. The van der Waals surface area contributed by atoms with Gasteiger partial charge in [-0.05, 0) is 29.3 Å². The number of benzene rings is 2. The van der Waals surface area contributed by atoms with E-state index in [1.165, 1.54) is 26.4 Å². The van der Waals surface area contributed by atoms with Crippen LogP contribution in [0, 0.1) is 5.92 Å². The Balaban J connectivity index is 2.23. The molecule has 0 spiro atoms. The maximum absolute atomic E-state index is 12.4. The van der Waals surface area contributed by atoms with E-state index in [-0.39, 0.29) is 5.75 Å². The van der Waals surface area contributed by atoms with E-state index in [1.807, 2.05) is 24.3 Å². The second-order valence-electron chi connectivity index (χ2n) is 5.88. The van der Waals surface area contributed by atoms with Gasteiger partial charge in [0.1, 0.15) is 5.75 Å². The van der Waals surface area contributed by atoms with Crippen molar-refractivity contribution < 1.29 is 24.2 Å². The number of hydrogen-bond donors (Lipinski definition) is 2. The van der Waals surface area contributed by atoms with Crippen molar-refractivity contribution in [2.24, 2.45) is 5.92 Å². The van der Waals surface area contributed by atoms with Gasteiger partial charge >= 0.3 is 11.9 Å². The predicted octanol–water partition coefficient (Wildman–Crippen LogP) is 2.97. The summed E-state index contributed by atoms with van der Waals surface area (Å²) in [5.41, 5.74) is 2.35. The lowest BCUT2D eigenvalue weighted by molar-refractivity contribution is -0.159. The molecule has 0 aliphatic heterocycles. The van der Waals surface area contributed by atoms with E-state index in [0.717, 1.165) is 16.5 Å². The van der Waals surface area contributed by atoms with Crippen LogP contribution in [0.25, 0.3) is 10.9 Å². The van der Waals surface area contributed by atoms with E-state index in [9.17, 15) is 14.7 Å². The van der Waals surface area contributed by atoms with Crippen molar-refractivity contribution in [3.63, 3.8) is 0 Å². The van der Waals surface area contributed by atoms with Crippen molar-refractivity contribution in [1.29, 1.82) is 0 Å². The van der Waals surface area contributed by atoms with Crippen LogP contribution in [-0.4, -0.2) is 36.2 Å². The number of hydrogen-bond acceptors (Lipinski definition) is 5. The highest BCUT2D eigenvalue weighted by Gasteiger charge is 2.40. The molecule has 3 rings (SSSR count). The molecular weight excluding hydrogens is 334 g/mol. The smallest absolute Gasteiger partial charge is 0.321 e. The molecule has 0 aliphatic carbocycles. The van der Waals surface area contributed by atoms with Crippen LogP contribution in [0.15, 0.2) is 54.7 Å². The number of carbonyl (C=O) groups is 2. The van der Waals surface area contributed by atoms with Gasteiger partial charge in [-0.1, -0.05) is 30.3 Å². The Bertz CT molecular complexity index is 913. The summed E-state index contributed by atoms with van der Waals surface area (Å²) in [6.45, 7) is 0. The van der Waals surface area contributed by atoms with Gasteiger partial charge < -0.3 is 19.6 Å². The first-order valence-electron chi connectivity index (χ1n) is 8.07. The molecule has 1 aromatic heterocycles. The normalized spacial score (nSPS) is 12.1. The van der Waals surface area contributed by atoms with Crippen LogP contribution in [0.5, 0.6) is 5.75 Å². The van der Waals surface area contributed by atoms with Gasteiger partial charge in [-0.15, -0.1) is 0 Å². The minimum Gasteiger partial charge on any atom is -0.508 e. The molecule has 0 radical (unpaired) electrons. The number of aromatic hydroxyl groups is 1. The Morgan fingerprint density at radius 1 is 0.962 bits per heavy atom. The third-order valence-electron chi connectivity index (χ3n) is 4.45. The van der Waals surface area contributed by atoms with Gasteiger partial charge in [0.25, 0.3) is 0 Å². The van der Waals surface area contributed by atoms with Crippen molar-refractivity contribution in [3.8, 4) is 5.75 Å². The number of ether oxygens (including phenoxy) is 2. The molecule has 1 unspecified atom stereocenters. The topological polar surface area (TPSA) is 88.6 Å². The zero-order valence-electron chi connectivity index (χ0n) is 14.4. The highest BCUT2D eigenvalue weighted by atomic mass is 16.5. The summed E-state index contributed by atoms with van der Waals surface area (Å²) >= 11 is 0. The summed E-state index contributed by atoms with van der Waals surface area (Å²) in [5.74, 6) is -3.07. The highest BCUT2D eigenvalue weighted by molar-refractivity contribution is 5.98. The largest absolute Gasteiger partial charge is 0.508 e. The number of aromatic nitrogens is 1. The molecule has 26 heavy (non-hydrogen) atoms. The summed E-state index contributed by atoms with van der Waals surface area (Å²) in [4.78, 5) is 28.1. The van der Waals surface area contributed by atoms with Crippen molar-refractivity contribution in [3.05, 3.63) is 65.9 Å². The number of fused-ring (bicyclic) bond motifs is 1. The summed E-state index contributed by atoms with van der Waals surface area (Å²) in [6.07, 6.45) is 1.78. The van der Waals surface area contributed by atoms with E-state index in [0.29, 0.717) is 5.56 Å². The third-order valence-corrected chi connectivity index (χ3v) is 4.45. The van der Waals surface area contributed by atoms with Gasteiger partial charge in [-0.25, -0.2) is 0 Å². The fourth-order valence-corrected chi connectivity index (χ4v) is 3.21. The number of phenols is 1. The molecule has 1 heterocycles. The lowest BCUT2D eigenvalue weighted by atomic mass is 9.80. The molecule has 0 fully saturated rings. The molecule has 134 valence electrons. The Labute approximate surface area is 150 Å². The van der Waals surface area contributed by atoms with Gasteiger partial charge in [0.05, 0.1) is 14.2 Å². The number of aromatic amines is 1. The van der Waals surface area contributed by atoms with Crippen LogP contribution in [-0.2, 0) is 19.1 Å². The summed E-state index contributed by atoms with van der Waals surface area (Å²) in [5, 5.41) is 10.5. The lowest BCUT2D eigenvalue weighted by Gasteiger charge is -2.24. The first-order chi connectivity index (χ1) is 12.6. The highest BCUT2D eigenvalue weighted by Crippen LogP contribution is 2.38. The average Bonchev–Trinajstić information content (AvgIpc) is 3.09. The Morgan fingerprint density at radius 3 is 2.19 bits per heavy atom. The van der Waals surface area contributed by atoms with E-state index in [4.69, 9.17) is 9.47 Å². The number of carbonyl (C=O) groups excluding carboxylic acids is 2. The second kappa shape index (κ2) is 7.31. The number of phenolic OH excluding ortho intramolecular Hbond substituents is 1. The third kappa shape index (κ3) is 3.13. The van der Waals surface area contributed by atoms with Gasteiger partial charge in [-0.3, -0.25) is 9.59 Å². The van der Waals surface area contributed by atoms with Crippen molar-refractivity contribution in [2.75, 3.05) is 14.2 Å². The predicted molar refractivity (Wildman–Crippen MR) is 95.8 cm³/mol. The van der Waals surface area contributed by atoms with E-state index < -0.39 is 23.8 Å². The van der Waals surface area contributed by atoms with Gasteiger partial charge in [0.15, 0.2) is 5.92 Å². The molecule has 0 saturated heterocycles. The Morgan fingerprint density at radius 2 is 1.58 bits per heavy atom. The quantitative estimate of drug-likeness (QED) is 0.544. The number of esters is 2. The number of nitrogens with one attached hydrogen (secondary N) is 1. The number of rotatable bonds is 5. The van der Waals surface area contributed by atoms with E-state index in [2.05, 4.69) is 4.98 Å². The maximum atomic E-state index is 12.4. The van der Waals surface area contributed by atoms with Crippen LogP contribution in [0.3, 0.4) is 0 Å². The first kappa shape index (κ1) is 17.5. The zero-order valence-corrected chi connectivity index (χ0v) is 14.4. The SMILES string of the molecule is COC(=O)C(C(=O)OC)C(c1ccc(O)cc1)c1c[nH]c2ccccc12. The summed E-state index contributed by atoms with van der Waals surface area (Å²) in [7, 11) is 2.47. The molecule has 6 heteroatoms. The molecular formula is C20H19NO5. The number of para-hydroxylation sites is 1. The fourth-order valence-electron chi connectivity index (χ4n) is 3.21. The summed E-state index contributed by atoms with van der Waals surface area (Å²) < 4.78 is 9.74. The van der Waals surface area contributed by atoms with Crippen molar-refractivity contribution >= 4 is 22.8 Å². The van der Waals surface area contributed by atoms with Crippen LogP contribution >= 0.6 is 0 Å². The van der Waals surface area contributed by atoms with E-state index in [1.54, 1.807) is 18.3 Å². The fraction of sp³-hybridized carbons (Fsp3) is 0.200. The second-order valence-corrected chi connectivity index (χ2v) is 5.88. The number of methoxy groups -OCH3 is 2. The van der Waals surface area contributed by atoms with Gasteiger partial charge in [0.2, 0.25) is 0 Å². The maximum Gasteiger partial charge on any atom is 0.321 e. The first-order valence-corrected chi connectivity index (χ1v) is 8.07. The minimum absolute atomic E-state index is 0.0964. The molecule has 2 aromatic carbocycles. The minimum atomic E-state index is -1.17. The average molecular weight is 353 g/mol. The standard InChI is InChI=1S/C20H19NO5/c1-25-19(23)18(20(24)26-2)17(12-7-9-13(22)10-8-12)15-11-21-16-6-4-3-5-14(15)16/h3-11,17-18,21-22H,1-2H3. The van der Waals surface area contributed by atoms with Crippen LogP contribution < -0.4 is 0 Å². The van der Waals surface area contributed by atoms with Crippen LogP contribution in [0.2, 0.25) is 0 Å². The van der Waals surface area contributed by atoms with Gasteiger partial charge in [-0.2, -0.15) is 0 Å². The monoisotopic (exact) mass is 353 g/mol. The Hall–Kier alpha value is -3.28. The van der Waals surface area contributed by atoms with Crippen LogP contribution in [0.4, 0.5) is 0 Å². The number of H-pyrrole nitrogens is 1. The van der Waals surface area contributed by atoms with E-state index >= 15 is 0 Å². The molecule has 0 saturated carbocycles. The van der Waals surface area contributed by atoms with Crippen molar-refractivity contribution in [2.45, 2.75) is 5.92 Å². The van der Waals surface area contributed by atoms with Gasteiger partial charge in [0, 0.05) is 23.0 Å². The molecule has 0 amide bonds. The zero-order chi connectivity index (χ0) is 18.7. The molecule has 2 N–H and O–H groups in total. The lowest BCUT2D eigenvalue weighted by Crippen LogP contribution is -2.32. The molecule has 3 aromatic rings. The van der Waals surface area contributed by atoms with Crippen molar-refractivity contribution in [1.82, 2.24) is 4.98 Å². The Kier molecular flexibility index (Phi) is 4.93. The molecule has 0 bridgehead atoms. The molecule has 0 aliphatic rings. The molecule has 6 nitrogen and oxygen atoms in total. The van der Waals surface area contributed by atoms with Crippen LogP contribution in [0.1, 0.15) is 17.0 Å².